The van der Waals surface area contributed by atoms with Crippen LogP contribution in [0, 0.1) is 0 Å². The smallest absolute Gasteiger partial charge is 0.242 e. The normalized spacial score (nSPS) is 16.2. The molecule has 3 aromatic heterocycles. The molecule has 4 rings (SSSR count). The summed E-state index contributed by atoms with van der Waals surface area (Å²) in [6.45, 7) is 0.216. The highest BCUT2D eigenvalue weighted by molar-refractivity contribution is 5.76. The molecule has 126 valence electrons. The van der Waals surface area contributed by atoms with Crippen LogP contribution in [0.25, 0.3) is 11.4 Å². The molecule has 0 bridgehead atoms. The number of aromatic nitrogens is 5. The lowest BCUT2D eigenvalue weighted by molar-refractivity contribution is -0.122. The molecule has 0 fully saturated rings. The second-order valence-corrected chi connectivity index (χ2v) is 6.05. The summed E-state index contributed by atoms with van der Waals surface area (Å²) in [5.41, 5.74) is 2.91. The number of nitrogens with one attached hydrogen (secondary N) is 1. The number of hydrogen-bond donors (Lipinski definition) is 1. The van der Waals surface area contributed by atoms with E-state index in [9.17, 15) is 4.79 Å². The van der Waals surface area contributed by atoms with Gasteiger partial charge in [0.25, 0.3) is 0 Å². The lowest BCUT2D eigenvalue weighted by atomic mass is 9.92. The van der Waals surface area contributed by atoms with Crippen LogP contribution in [0.15, 0.2) is 49.2 Å². The van der Waals surface area contributed by atoms with Gasteiger partial charge >= 0.3 is 0 Å². The van der Waals surface area contributed by atoms with E-state index in [1.165, 1.54) is 0 Å². The van der Waals surface area contributed by atoms with Gasteiger partial charge in [-0.2, -0.15) is 5.10 Å². The van der Waals surface area contributed by atoms with Gasteiger partial charge in [0.05, 0.1) is 6.04 Å². The van der Waals surface area contributed by atoms with Crippen molar-refractivity contribution < 1.29 is 4.79 Å². The van der Waals surface area contributed by atoms with E-state index >= 15 is 0 Å². The van der Waals surface area contributed by atoms with Gasteiger partial charge in [0.15, 0.2) is 5.82 Å². The van der Waals surface area contributed by atoms with Crippen molar-refractivity contribution >= 4 is 5.91 Å². The number of aryl methyl sites for hydroxylation is 1. The highest BCUT2D eigenvalue weighted by Crippen LogP contribution is 2.29. The van der Waals surface area contributed by atoms with Gasteiger partial charge in [0.2, 0.25) is 5.91 Å². The predicted octanol–water partition coefficient (Wildman–Crippen LogP) is 1.93. The number of fused-ring (bicyclic) bond motifs is 1. The summed E-state index contributed by atoms with van der Waals surface area (Å²) in [7, 11) is 0. The lowest BCUT2D eigenvalue weighted by Crippen LogP contribution is -2.34. The molecular formula is C18H18N6O. The minimum absolute atomic E-state index is 0.0465. The topological polar surface area (TPSA) is 85.6 Å². The van der Waals surface area contributed by atoms with Crippen molar-refractivity contribution in [1.29, 1.82) is 0 Å². The minimum atomic E-state index is -0.0575. The third-order valence-electron chi connectivity index (χ3n) is 4.30. The van der Waals surface area contributed by atoms with Crippen LogP contribution in [0.5, 0.6) is 0 Å². The van der Waals surface area contributed by atoms with Crippen LogP contribution in [0.3, 0.4) is 0 Å². The zero-order chi connectivity index (χ0) is 17.1. The standard InChI is InChI=1S/C18H18N6O/c25-17(12-24-9-3-8-21-24)22-15-5-1-6-16-14(15)11-20-18(23-16)13-4-2-7-19-10-13/h2-4,7-11,15H,1,5-6,12H2,(H,22,25). The largest absolute Gasteiger partial charge is 0.348 e. The summed E-state index contributed by atoms with van der Waals surface area (Å²) < 4.78 is 1.61. The third kappa shape index (κ3) is 3.40. The Kier molecular flexibility index (Phi) is 4.20. The highest BCUT2D eigenvalue weighted by atomic mass is 16.2. The van der Waals surface area contributed by atoms with E-state index in [0.717, 1.165) is 36.1 Å². The molecule has 7 heteroatoms. The quantitative estimate of drug-likeness (QED) is 0.788. The fourth-order valence-corrected chi connectivity index (χ4v) is 3.11. The SMILES string of the molecule is O=C(Cn1cccn1)NC1CCCc2nc(-c3cccnc3)ncc21. The van der Waals surface area contributed by atoms with Crippen LogP contribution in [-0.4, -0.2) is 30.6 Å². The van der Waals surface area contributed by atoms with Crippen molar-refractivity contribution in [2.45, 2.75) is 31.8 Å². The Balaban J connectivity index is 1.53. The summed E-state index contributed by atoms with van der Waals surface area (Å²) in [5, 5.41) is 7.14. The monoisotopic (exact) mass is 334 g/mol. The van der Waals surface area contributed by atoms with Gasteiger partial charge < -0.3 is 5.32 Å². The van der Waals surface area contributed by atoms with E-state index in [0.29, 0.717) is 5.82 Å². The Hall–Kier alpha value is -3.09. The van der Waals surface area contributed by atoms with E-state index in [1.54, 1.807) is 35.5 Å². The Morgan fingerprint density at radius 2 is 2.24 bits per heavy atom. The van der Waals surface area contributed by atoms with Crippen molar-refractivity contribution in [2.24, 2.45) is 0 Å². The maximum absolute atomic E-state index is 12.3. The van der Waals surface area contributed by atoms with Crippen molar-refractivity contribution in [3.63, 3.8) is 0 Å². The fourth-order valence-electron chi connectivity index (χ4n) is 3.11. The molecule has 3 heterocycles. The number of hydrogen-bond acceptors (Lipinski definition) is 5. The van der Waals surface area contributed by atoms with Gasteiger partial charge in [-0.15, -0.1) is 0 Å². The maximum Gasteiger partial charge on any atom is 0.242 e. The molecule has 1 aliphatic carbocycles. The van der Waals surface area contributed by atoms with Gasteiger partial charge in [0.1, 0.15) is 6.54 Å². The molecule has 0 spiro atoms. The first-order valence-corrected chi connectivity index (χ1v) is 8.32. The van der Waals surface area contributed by atoms with Gasteiger partial charge in [-0.1, -0.05) is 0 Å². The van der Waals surface area contributed by atoms with Crippen LogP contribution in [0.2, 0.25) is 0 Å². The molecule has 0 saturated carbocycles. The molecule has 0 aliphatic heterocycles. The van der Waals surface area contributed by atoms with Gasteiger partial charge in [-0.3, -0.25) is 14.5 Å². The Labute approximate surface area is 145 Å². The molecule has 25 heavy (non-hydrogen) atoms. The summed E-state index contributed by atoms with van der Waals surface area (Å²) in [5.74, 6) is 0.619. The number of amides is 1. The van der Waals surface area contributed by atoms with E-state index in [2.05, 4.69) is 20.4 Å². The van der Waals surface area contributed by atoms with Crippen molar-refractivity contribution in [1.82, 2.24) is 30.0 Å². The van der Waals surface area contributed by atoms with Crippen molar-refractivity contribution in [3.8, 4) is 11.4 Å². The fraction of sp³-hybridized carbons (Fsp3) is 0.278. The van der Waals surface area contributed by atoms with E-state index in [-0.39, 0.29) is 18.5 Å². The second kappa shape index (κ2) is 6.80. The first-order chi connectivity index (χ1) is 12.3. The Bertz CT molecular complexity index is 863. The minimum Gasteiger partial charge on any atom is -0.348 e. The second-order valence-electron chi connectivity index (χ2n) is 6.05. The van der Waals surface area contributed by atoms with Crippen LogP contribution >= 0.6 is 0 Å². The molecule has 1 unspecified atom stereocenters. The molecular weight excluding hydrogens is 316 g/mol. The summed E-state index contributed by atoms with van der Waals surface area (Å²) >= 11 is 0. The third-order valence-corrected chi connectivity index (χ3v) is 4.30. The lowest BCUT2D eigenvalue weighted by Gasteiger charge is -2.25. The molecule has 3 aromatic rings. The van der Waals surface area contributed by atoms with Gasteiger partial charge in [0, 0.05) is 47.8 Å². The van der Waals surface area contributed by atoms with Crippen molar-refractivity contribution in [3.05, 3.63) is 60.4 Å². The van der Waals surface area contributed by atoms with Crippen LogP contribution in [-0.2, 0) is 17.8 Å². The maximum atomic E-state index is 12.3. The zero-order valence-corrected chi connectivity index (χ0v) is 13.7. The first kappa shape index (κ1) is 15.4. The molecule has 1 aliphatic rings. The van der Waals surface area contributed by atoms with Crippen LogP contribution in [0.4, 0.5) is 0 Å². The Morgan fingerprint density at radius 1 is 1.28 bits per heavy atom. The number of carbonyl (C=O) groups excluding carboxylic acids is 1. The Morgan fingerprint density at radius 3 is 3.04 bits per heavy atom. The zero-order valence-electron chi connectivity index (χ0n) is 13.7. The van der Waals surface area contributed by atoms with E-state index in [1.807, 2.05) is 18.3 Å². The molecule has 7 nitrogen and oxygen atoms in total. The average Bonchev–Trinajstić information content (AvgIpc) is 3.15. The van der Waals surface area contributed by atoms with Gasteiger partial charge in [-0.05, 0) is 37.5 Å². The number of nitrogens with zero attached hydrogens (tertiary/aromatic N) is 5. The molecule has 1 atom stereocenters. The number of rotatable bonds is 4. The summed E-state index contributed by atoms with van der Waals surface area (Å²) in [6, 6.07) is 5.57. The summed E-state index contributed by atoms with van der Waals surface area (Å²) in [6.07, 6.45) is 11.5. The molecule has 0 saturated heterocycles. The van der Waals surface area contributed by atoms with Crippen LogP contribution < -0.4 is 5.32 Å². The highest BCUT2D eigenvalue weighted by Gasteiger charge is 2.24. The van der Waals surface area contributed by atoms with E-state index in [4.69, 9.17) is 4.98 Å². The van der Waals surface area contributed by atoms with Crippen LogP contribution in [0.1, 0.15) is 30.1 Å². The molecule has 1 amide bonds. The number of pyridine rings is 1. The summed E-state index contributed by atoms with van der Waals surface area (Å²) in [4.78, 5) is 25.5. The van der Waals surface area contributed by atoms with Gasteiger partial charge in [-0.25, -0.2) is 9.97 Å². The molecule has 0 aromatic carbocycles. The number of carbonyl (C=O) groups is 1. The molecule has 0 radical (unpaired) electrons. The average molecular weight is 334 g/mol. The van der Waals surface area contributed by atoms with Crippen molar-refractivity contribution in [2.75, 3.05) is 0 Å². The predicted molar refractivity (Wildman–Crippen MR) is 91.3 cm³/mol. The van der Waals surface area contributed by atoms with E-state index < -0.39 is 0 Å². The molecule has 1 N–H and O–H groups in total. The first-order valence-electron chi connectivity index (χ1n) is 8.32.